The fourth-order valence-electron chi connectivity index (χ4n) is 4.30. The van der Waals surface area contributed by atoms with Crippen LogP contribution >= 0.6 is 23.4 Å². The second-order valence-corrected chi connectivity index (χ2v) is 9.81. The lowest BCUT2D eigenvalue weighted by Crippen LogP contribution is -2.22. The Morgan fingerprint density at radius 1 is 1.00 bits per heavy atom. The van der Waals surface area contributed by atoms with Gasteiger partial charge >= 0.3 is 0 Å². The van der Waals surface area contributed by atoms with E-state index in [1.807, 2.05) is 61.0 Å². The number of hydrogen-bond donors (Lipinski definition) is 1. The van der Waals surface area contributed by atoms with Crippen molar-refractivity contribution in [1.82, 2.24) is 9.88 Å². The van der Waals surface area contributed by atoms with Gasteiger partial charge in [0.1, 0.15) is 19.0 Å². The summed E-state index contributed by atoms with van der Waals surface area (Å²) in [5.74, 6) is 0.421. The predicted molar refractivity (Wildman–Crippen MR) is 157 cm³/mol. The van der Waals surface area contributed by atoms with Crippen LogP contribution in [0.5, 0.6) is 11.5 Å². The summed E-state index contributed by atoms with van der Waals surface area (Å²) in [5, 5.41) is 3.35. The highest BCUT2D eigenvalue weighted by Crippen LogP contribution is 2.31. The molecule has 0 saturated carbocycles. The van der Waals surface area contributed by atoms with Crippen LogP contribution in [0.1, 0.15) is 12.5 Å². The standard InChI is InChI=1S/C30H27ClN2O5S/c1-19(29(39-3)30(36)32-18-34)20-10-14-23(15-11-20)37-16-17-38-28-26(21-8-12-22(31)13-9-21)33(2)25-7-5-4-6-24(25)27(28)35/h4-15,18H,16-17H2,1-3H3,(H,32,34,36)/b29-19+. The van der Waals surface area contributed by atoms with Crippen LogP contribution in [-0.2, 0) is 16.6 Å². The van der Waals surface area contributed by atoms with Gasteiger partial charge in [-0.2, -0.15) is 0 Å². The maximum atomic E-state index is 13.4. The van der Waals surface area contributed by atoms with E-state index in [1.165, 1.54) is 11.8 Å². The van der Waals surface area contributed by atoms with Gasteiger partial charge < -0.3 is 14.0 Å². The molecule has 0 unspecified atom stereocenters. The zero-order valence-electron chi connectivity index (χ0n) is 21.7. The zero-order chi connectivity index (χ0) is 27.9. The van der Waals surface area contributed by atoms with Crippen molar-refractivity contribution in [3.63, 3.8) is 0 Å². The van der Waals surface area contributed by atoms with Gasteiger partial charge in [0.2, 0.25) is 11.8 Å². The first kappa shape index (κ1) is 28.0. The van der Waals surface area contributed by atoms with E-state index in [0.717, 1.165) is 22.2 Å². The van der Waals surface area contributed by atoms with Crippen LogP contribution in [0.2, 0.25) is 5.02 Å². The molecule has 4 aromatic rings. The van der Waals surface area contributed by atoms with Crippen molar-refractivity contribution in [2.45, 2.75) is 6.92 Å². The molecule has 3 aromatic carbocycles. The summed E-state index contributed by atoms with van der Waals surface area (Å²) < 4.78 is 13.8. The molecule has 0 saturated heterocycles. The Bertz CT molecular complexity index is 1600. The van der Waals surface area contributed by atoms with Gasteiger partial charge in [0.15, 0.2) is 5.75 Å². The van der Waals surface area contributed by atoms with Gasteiger partial charge in [-0.15, -0.1) is 11.8 Å². The summed E-state index contributed by atoms with van der Waals surface area (Å²) in [6, 6.07) is 22.0. The number of benzene rings is 3. The van der Waals surface area contributed by atoms with Crippen LogP contribution in [0.15, 0.2) is 82.5 Å². The number of carbonyl (C=O) groups is 2. The lowest BCUT2D eigenvalue weighted by atomic mass is 10.1. The topological polar surface area (TPSA) is 86.6 Å². The Hall–Kier alpha value is -4.01. The highest BCUT2D eigenvalue weighted by Gasteiger charge is 2.18. The van der Waals surface area contributed by atoms with Crippen molar-refractivity contribution in [2.75, 3.05) is 19.5 Å². The predicted octanol–water partition coefficient (Wildman–Crippen LogP) is 5.68. The first-order chi connectivity index (χ1) is 18.8. The van der Waals surface area contributed by atoms with Crippen molar-refractivity contribution < 1.29 is 19.1 Å². The highest BCUT2D eigenvalue weighted by atomic mass is 35.5. The number of aromatic nitrogens is 1. The monoisotopic (exact) mass is 562 g/mol. The maximum Gasteiger partial charge on any atom is 0.264 e. The number of fused-ring (bicyclic) bond motifs is 1. The summed E-state index contributed by atoms with van der Waals surface area (Å²) in [4.78, 5) is 36.6. The lowest BCUT2D eigenvalue weighted by molar-refractivity contribution is -0.121. The molecule has 1 heterocycles. The zero-order valence-corrected chi connectivity index (χ0v) is 23.3. The number of nitrogens with zero attached hydrogens (tertiary/aromatic N) is 1. The number of para-hydroxylation sites is 1. The molecule has 200 valence electrons. The molecular formula is C30H27ClN2O5S. The van der Waals surface area contributed by atoms with E-state index in [1.54, 1.807) is 36.6 Å². The molecule has 0 radical (unpaired) electrons. The number of imide groups is 1. The van der Waals surface area contributed by atoms with E-state index in [-0.39, 0.29) is 24.4 Å². The van der Waals surface area contributed by atoms with E-state index in [4.69, 9.17) is 21.1 Å². The van der Waals surface area contributed by atoms with Gasteiger partial charge in [0.25, 0.3) is 5.91 Å². The molecule has 2 amide bonds. The molecule has 0 aliphatic heterocycles. The third-order valence-corrected chi connectivity index (χ3v) is 7.36. The number of thioether (sulfide) groups is 1. The van der Waals surface area contributed by atoms with Crippen LogP contribution in [0.3, 0.4) is 0 Å². The van der Waals surface area contributed by atoms with E-state index in [9.17, 15) is 14.4 Å². The van der Waals surface area contributed by atoms with Crippen LogP contribution in [0.4, 0.5) is 0 Å². The normalized spacial score (nSPS) is 11.6. The summed E-state index contributed by atoms with van der Waals surface area (Å²) in [7, 11) is 1.90. The minimum absolute atomic E-state index is 0.150. The first-order valence-electron chi connectivity index (χ1n) is 12.1. The summed E-state index contributed by atoms with van der Waals surface area (Å²) in [5.41, 5.74) is 3.66. The van der Waals surface area contributed by atoms with E-state index < -0.39 is 5.91 Å². The van der Waals surface area contributed by atoms with Gasteiger partial charge in [-0.3, -0.25) is 19.7 Å². The Kier molecular flexibility index (Phi) is 9.11. The SMILES string of the molecule is CS/C(C(=O)NC=O)=C(\C)c1ccc(OCCOc2c(-c3ccc(Cl)cc3)n(C)c3ccccc3c2=O)cc1. The first-order valence-corrected chi connectivity index (χ1v) is 13.7. The van der Waals surface area contributed by atoms with Crippen molar-refractivity contribution in [3.8, 4) is 22.8 Å². The van der Waals surface area contributed by atoms with Crippen LogP contribution < -0.4 is 20.2 Å². The molecule has 0 aliphatic carbocycles. The van der Waals surface area contributed by atoms with Gasteiger partial charge in [0.05, 0.1) is 16.1 Å². The Balaban J connectivity index is 1.52. The number of allylic oxidation sites excluding steroid dienone is 1. The number of carbonyl (C=O) groups excluding carboxylic acids is 2. The number of hydrogen-bond acceptors (Lipinski definition) is 6. The molecule has 1 aromatic heterocycles. The third-order valence-electron chi connectivity index (χ3n) is 6.21. The van der Waals surface area contributed by atoms with Crippen molar-refractivity contribution >= 4 is 52.2 Å². The molecule has 0 atom stereocenters. The van der Waals surface area contributed by atoms with Crippen molar-refractivity contribution in [3.05, 3.63) is 98.5 Å². The fraction of sp³-hybridized carbons (Fsp3) is 0.167. The quantitative estimate of drug-likeness (QED) is 0.152. The fourth-order valence-corrected chi connectivity index (χ4v) is 5.09. The molecule has 0 aliphatic rings. The number of rotatable bonds is 10. The Morgan fingerprint density at radius 2 is 1.67 bits per heavy atom. The molecule has 0 fully saturated rings. The van der Waals surface area contributed by atoms with Crippen molar-refractivity contribution in [2.24, 2.45) is 7.05 Å². The van der Waals surface area contributed by atoms with E-state index in [2.05, 4.69) is 5.32 Å². The molecule has 1 N–H and O–H groups in total. The average molecular weight is 563 g/mol. The van der Waals surface area contributed by atoms with E-state index in [0.29, 0.717) is 33.2 Å². The van der Waals surface area contributed by atoms with Gasteiger partial charge in [-0.25, -0.2) is 0 Å². The molecule has 0 bridgehead atoms. The molecule has 7 nitrogen and oxygen atoms in total. The van der Waals surface area contributed by atoms with Crippen LogP contribution in [-0.4, -0.2) is 36.4 Å². The number of nitrogens with one attached hydrogen (secondary N) is 1. The largest absolute Gasteiger partial charge is 0.490 e. The Morgan fingerprint density at radius 3 is 2.33 bits per heavy atom. The molecule has 39 heavy (non-hydrogen) atoms. The number of pyridine rings is 1. The number of aryl methyl sites for hydroxylation is 1. The van der Waals surface area contributed by atoms with Crippen LogP contribution in [0, 0.1) is 0 Å². The number of amides is 2. The highest BCUT2D eigenvalue weighted by molar-refractivity contribution is 8.03. The van der Waals surface area contributed by atoms with Gasteiger partial charge in [-0.1, -0.05) is 48.0 Å². The average Bonchev–Trinajstić information content (AvgIpc) is 2.95. The summed E-state index contributed by atoms with van der Waals surface area (Å²) in [6.45, 7) is 2.18. The molecule has 0 spiro atoms. The second kappa shape index (κ2) is 12.7. The molecular weight excluding hydrogens is 536 g/mol. The minimum atomic E-state index is -0.440. The summed E-state index contributed by atoms with van der Waals surface area (Å²) in [6.07, 6.45) is 2.15. The smallest absolute Gasteiger partial charge is 0.264 e. The number of ether oxygens (including phenoxy) is 2. The molecule has 9 heteroatoms. The van der Waals surface area contributed by atoms with Crippen LogP contribution in [0.25, 0.3) is 27.7 Å². The summed E-state index contributed by atoms with van der Waals surface area (Å²) >= 11 is 7.36. The molecule has 4 rings (SSSR count). The third kappa shape index (κ3) is 6.19. The maximum absolute atomic E-state index is 13.4. The lowest BCUT2D eigenvalue weighted by Gasteiger charge is -2.18. The van der Waals surface area contributed by atoms with Gasteiger partial charge in [0, 0.05) is 23.0 Å². The van der Waals surface area contributed by atoms with Gasteiger partial charge in [-0.05, 0) is 60.7 Å². The Labute approximate surface area is 235 Å². The van der Waals surface area contributed by atoms with Crippen molar-refractivity contribution in [1.29, 1.82) is 0 Å². The number of halogens is 1. The minimum Gasteiger partial charge on any atom is -0.490 e. The second-order valence-electron chi connectivity index (χ2n) is 8.56. The van der Waals surface area contributed by atoms with E-state index >= 15 is 0 Å².